The first-order chi connectivity index (χ1) is 15.6. The maximum atomic E-state index is 6.05. The number of para-hydroxylation sites is 2. The van der Waals surface area contributed by atoms with Gasteiger partial charge in [0.1, 0.15) is 17.6 Å². The molecule has 184 valence electrons. The van der Waals surface area contributed by atoms with E-state index in [4.69, 9.17) is 23.6 Å². The number of hydrogen-bond acceptors (Lipinski definition) is 6. The van der Waals surface area contributed by atoms with E-state index in [-0.39, 0.29) is 36.1 Å². The Bertz CT molecular complexity index is 854. The molecule has 1 aromatic carbocycles. The third-order valence-corrected chi connectivity index (χ3v) is 5.30. The molecule has 0 bridgehead atoms. The number of benzene rings is 1. The summed E-state index contributed by atoms with van der Waals surface area (Å²) in [7, 11) is 1.65. The van der Waals surface area contributed by atoms with Gasteiger partial charge in [-0.25, -0.2) is 0 Å². The number of halogens is 1. The smallest absolute Gasteiger partial charge is 0.191 e. The van der Waals surface area contributed by atoms with Gasteiger partial charge in [-0.05, 0) is 45.0 Å². The van der Waals surface area contributed by atoms with Crippen LogP contribution >= 0.6 is 24.0 Å². The highest BCUT2D eigenvalue weighted by Gasteiger charge is 2.25. The van der Waals surface area contributed by atoms with Crippen molar-refractivity contribution in [2.24, 2.45) is 4.99 Å². The van der Waals surface area contributed by atoms with Crippen molar-refractivity contribution in [1.82, 2.24) is 15.5 Å². The topological polar surface area (TPSA) is 80.5 Å². The third kappa shape index (κ3) is 8.38. The summed E-state index contributed by atoms with van der Waals surface area (Å²) < 4.78 is 22.9. The number of aryl methyl sites for hydroxylation is 1. The molecule has 0 radical (unpaired) electrons. The Kier molecular flexibility index (Phi) is 11.8. The number of nitrogens with one attached hydrogen (secondary N) is 2. The number of nitrogens with zero attached hydrogens (tertiary/aromatic N) is 2. The lowest BCUT2D eigenvalue weighted by molar-refractivity contribution is 0.0135. The number of ether oxygens (including phenoxy) is 3. The maximum Gasteiger partial charge on any atom is 0.191 e. The van der Waals surface area contributed by atoms with Crippen LogP contribution in [-0.2, 0) is 4.74 Å². The molecule has 2 unspecified atom stereocenters. The van der Waals surface area contributed by atoms with Gasteiger partial charge in [-0.15, -0.1) is 24.0 Å². The molecule has 0 aliphatic carbocycles. The molecule has 1 saturated heterocycles. The molecule has 1 fully saturated rings. The van der Waals surface area contributed by atoms with E-state index in [1.807, 2.05) is 44.2 Å². The van der Waals surface area contributed by atoms with Crippen LogP contribution in [0.25, 0.3) is 0 Å². The van der Waals surface area contributed by atoms with E-state index in [1.54, 1.807) is 7.11 Å². The van der Waals surface area contributed by atoms with Gasteiger partial charge in [-0.2, -0.15) is 0 Å². The molecule has 2 aromatic rings. The third-order valence-electron chi connectivity index (χ3n) is 5.30. The Morgan fingerprint density at radius 3 is 2.48 bits per heavy atom. The van der Waals surface area contributed by atoms with Crippen LogP contribution in [0.1, 0.15) is 31.4 Å². The number of guanidine groups is 1. The van der Waals surface area contributed by atoms with Gasteiger partial charge in [0.15, 0.2) is 17.5 Å². The molecule has 33 heavy (non-hydrogen) atoms. The van der Waals surface area contributed by atoms with Crippen molar-refractivity contribution >= 4 is 29.9 Å². The molecule has 0 spiro atoms. The maximum absolute atomic E-state index is 6.05. The van der Waals surface area contributed by atoms with E-state index in [2.05, 4.69) is 28.5 Å². The number of aliphatic imine (C=N–C) groups is 1. The predicted octanol–water partition coefficient (Wildman–Crippen LogP) is 3.61. The predicted molar refractivity (Wildman–Crippen MR) is 141 cm³/mol. The number of hydrogen-bond donors (Lipinski definition) is 2. The Hall–Kier alpha value is -1.98. The minimum absolute atomic E-state index is 0. The summed E-state index contributed by atoms with van der Waals surface area (Å²) in [6.07, 6.45) is -0.0714. The zero-order valence-electron chi connectivity index (χ0n) is 20.0. The lowest BCUT2D eigenvalue weighted by atomic mass is 10.1. The lowest BCUT2D eigenvalue weighted by Crippen LogP contribution is -2.43. The van der Waals surface area contributed by atoms with E-state index < -0.39 is 0 Å². The quantitative estimate of drug-likeness (QED) is 0.256. The van der Waals surface area contributed by atoms with Crippen molar-refractivity contribution in [3.05, 3.63) is 47.9 Å². The molecule has 2 N–H and O–H groups in total. The van der Waals surface area contributed by atoms with Crippen LogP contribution in [0, 0.1) is 6.92 Å². The standard InChI is InChI=1S/C24H36N4O4.HI/c1-5-25-24(26-16-19(3)32-23-9-7-6-8-22(23)29-4)27-17-20(21-11-10-18(2)31-21)28-12-14-30-15-13-28;/h6-11,19-20H,5,12-17H2,1-4H3,(H2,25,26,27);1H. The molecule has 2 heterocycles. The molecule has 3 rings (SSSR count). The number of rotatable bonds is 10. The van der Waals surface area contributed by atoms with Crippen molar-refractivity contribution in [2.45, 2.75) is 32.9 Å². The van der Waals surface area contributed by atoms with Crippen molar-refractivity contribution in [3.8, 4) is 11.5 Å². The summed E-state index contributed by atoms with van der Waals surface area (Å²) in [5.41, 5.74) is 0. The average molecular weight is 572 g/mol. The van der Waals surface area contributed by atoms with Crippen LogP contribution in [0.4, 0.5) is 0 Å². The second-order valence-corrected chi connectivity index (χ2v) is 7.79. The summed E-state index contributed by atoms with van der Waals surface area (Å²) in [4.78, 5) is 7.24. The van der Waals surface area contributed by atoms with Crippen LogP contribution in [0.15, 0.2) is 45.8 Å². The van der Waals surface area contributed by atoms with Crippen LogP contribution in [0.3, 0.4) is 0 Å². The zero-order valence-corrected chi connectivity index (χ0v) is 22.3. The minimum Gasteiger partial charge on any atom is -0.493 e. The average Bonchev–Trinajstić information content (AvgIpc) is 3.24. The first-order valence-electron chi connectivity index (χ1n) is 11.3. The van der Waals surface area contributed by atoms with Crippen LogP contribution in [-0.4, -0.2) is 70.0 Å². The molecule has 0 saturated carbocycles. The van der Waals surface area contributed by atoms with E-state index in [0.717, 1.165) is 61.8 Å². The van der Waals surface area contributed by atoms with Crippen molar-refractivity contribution in [3.63, 3.8) is 0 Å². The van der Waals surface area contributed by atoms with Gasteiger partial charge in [0.25, 0.3) is 0 Å². The second-order valence-electron chi connectivity index (χ2n) is 7.79. The zero-order chi connectivity index (χ0) is 22.8. The molecule has 0 amide bonds. The Morgan fingerprint density at radius 1 is 1.12 bits per heavy atom. The molecule has 1 aromatic heterocycles. The van der Waals surface area contributed by atoms with Crippen molar-refractivity contribution < 1.29 is 18.6 Å². The fraction of sp³-hybridized carbons (Fsp3) is 0.542. The Balaban J connectivity index is 0.00000385. The van der Waals surface area contributed by atoms with E-state index in [9.17, 15) is 0 Å². The van der Waals surface area contributed by atoms with Gasteiger partial charge >= 0.3 is 0 Å². The first-order valence-corrected chi connectivity index (χ1v) is 11.3. The number of morpholine rings is 1. The van der Waals surface area contributed by atoms with Gasteiger partial charge in [-0.3, -0.25) is 9.89 Å². The first kappa shape index (κ1) is 27.3. The second kappa shape index (κ2) is 14.3. The summed E-state index contributed by atoms with van der Waals surface area (Å²) >= 11 is 0. The highest BCUT2D eigenvalue weighted by atomic mass is 127. The molecule has 9 heteroatoms. The fourth-order valence-corrected chi connectivity index (χ4v) is 3.64. The van der Waals surface area contributed by atoms with Crippen LogP contribution in [0.2, 0.25) is 0 Å². The van der Waals surface area contributed by atoms with Gasteiger partial charge in [0.05, 0.1) is 39.5 Å². The SMILES string of the molecule is CCNC(=NCC(c1ccc(C)o1)N1CCOCC1)NCC(C)Oc1ccccc1OC.I. The normalized spacial score (nSPS) is 16.4. The Labute approximate surface area is 214 Å². The summed E-state index contributed by atoms with van der Waals surface area (Å²) in [6.45, 7) is 11.2. The van der Waals surface area contributed by atoms with Gasteiger partial charge in [0, 0.05) is 19.6 Å². The van der Waals surface area contributed by atoms with Crippen molar-refractivity contribution in [2.75, 3.05) is 53.0 Å². The molecular weight excluding hydrogens is 535 g/mol. The van der Waals surface area contributed by atoms with Crippen LogP contribution in [0.5, 0.6) is 11.5 Å². The highest BCUT2D eigenvalue weighted by Crippen LogP contribution is 2.27. The number of methoxy groups -OCH3 is 1. The minimum atomic E-state index is -0.0714. The van der Waals surface area contributed by atoms with E-state index in [0.29, 0.717) is 13.1 Å². The monoisotopic (exact) mass is 572 g/mol. The summed E-state index contributed by atoms with van der Waals surface area (Å²) in [6, 6.07) is 11.8. The van der Waals surface area contributed by atoms with Crippen LogP contribution < -0.4 is 20.1 Å². The Morgan fingerprint density at radius 2 is 1.85 bits per heavy atom. The lowest BCUT2D eigenvalue weighted by Gasteiger charge is -2.32. The van der Waals surface area contributed by atoms with Gasteiger partial charge < -0.3 is 29.3 Å². The fourth-order valence-electron chi connectivity index (χ4n) is 3.64. The highest BCUT2D eigenvalue weighted by molar-refractivity contribution is 14.0. The summed E-state index contributed by atoms with van der Waals surface area (Å²) in [5, 5.41) is 6.72. The molecule has 8 nitrogen and oxygen atoms in total. The largest absolute Gasteiger partial charge is 0.493 e. The van der Waals surface area contributed by atoms with Gasteiger partial charge in [0.2, 0.25) is 0 Å². The van der Waals surface area contributed by atoms with E-state index in [1.165, 1.54) is 0 Å². The van der Waals surface area contributed by atoms with E-state index >= 15 is 0 Å². The van der Waals surface area contributed by atoms with Crippen molar-refractivity contribution in [1.29, 1.82) is 0 Å². The molecule has 1 aliphatic rings. The molecule has 1 aliphatic heterocycles. The number of furan rings is 1. The molecule has 2 atom stereocenters. The molecular formula is C24H37IN4O4. The van der Waals surface area contributed by atoms with Gasteiger partial charge in [-0.1, -0.05) is 12.1 Å². The summed E-state index contributed by atoms with van der Waals surface area (Å²) in [5.74, 6) is 4.06.